The summed E-state index contributed by atoms with van der Waals surface area (Å²) >= 11 is 0. The van der Waals surface area contributed by atoms with Crippen molar-refractivity contribution in [3.63, 3.8) is 0 Å². The number of hydrogen-bond donors (Lipinski definition) is 0. The zero-order chi connectivity index (χ0) is 7.84. The topological polar surface area (TPSA) is 53.0 Å². The molecule has 0 fully saturated rings. The smallest absolute Gasteiger partial charge is 0.251 e. The standard InChI is InChI=1S/C6H3FN2O2/c7-4-1-2-6-5(3-4)8-11-9(6)10/h1-3H. The van der Waals surface area contributed by atoms with Gasteiger partial charge in [-0.2, -0.15) is 0 Å². The van der Waals surface area contributed by atoms with Crippen molar-refractivity contribution in [1.82, 2.24) is 5.16 Å². The van der Waals surface area contributed by atoms with E-state index in [-0.39, 0.29) is 15.9 Å². The number of halogens is 1. The van der Waals surface area contributed by atoms with Crippen LogP contribution in [0.1, 0.15) is 0 Å². The van der Waals surface area contributed by atoms with E-state index < -0.39 is 5.82 Å². The highest BCUT2D eigenvalue weighted by Crippen LogP contribution is 2.08. The van der Waals surface area contributed by atoms with Gasteiger partial charge in [-0.1, -0.05) is 0 Å². The molecule has 0 saturated heterocycles. The van der Waals surface area contributed by atoms with Gasteiger partial charge >= 0.3 is 0 Å². The second-order valence-corrected chi connectivity index (χ2v) is 2.06. The van der Waals surface area contributed by atoms with Crippen LogP contribution in [-0.4, -0.2) is 5.16 Å². The van der Waals surface area contributed by atoms with Gasteiger partial charge in [0.25, 0.3) is 5.52 Å². The fourth-order valence-corrected chi connectivity index (χ4v) is 0.849. The SMILES string of the molecule is [O-][n+]1onc2cc(F)ccc21. The van der Waals surface area contributed by atoms with Crippen molar-refractivity contribution in [2.45, 2.75) is 0 Å². The van der Waals surface area contributed by atoms with Gasteiger partial charge in [-0.25, -0.2) is 4.39 Å². The maximum absolute atomic E-state index is 12.5. The molecule has 0 N–H and O–H groups in total. The molecule has 0 unspecified atom stereocenters. The van der Waals surface area contributed by atoms with Crippen LogP contribution in [0.25, 0.3) is 11.0 Å². The van der Waals surface area contributed by atoms with Gasteiger partial charge in [0.2, 0.25) is 5.52 Å². The monoisotopic (exact) mass is 154 g/mol. The van der Waals surface area contributed by atoms with Crippen LogP contribution < -0.4 is 4.90 Å². The van der Waals surface area contributed by atoms with Crippen LogP contribution in [-0.2, 0) is 0 Å². The average molecular weight is 154 g/mol. The van der Waals surface area contributed by atoms with Gasteiger partial charge in [-0.15, -0.1) is 0 Å². The third-order valence-electron chi connectivity index (χ3n) is 1.35. The Hall–Kier alpha value is -1.65. The third kappa shape index (κ3) is 0.813. The molecule has 0 radical (unpaired) electrons. The summed E-state index contributed by atoms with van der Waals surface area (Å²) in [6.07, 6.45) is 0. The van der Waals surface area contributed by atoms with Crippen molar-refractivity contribution in [2.75, 3.05) is 0 Å². The molecule has 4 nitrogen and oxygen atoms in total. The number of rotatable bonds is 0. The minimum Gasteiger partial charge on any atom is -0.359 e. The summed E-state index contributed by atoms with van der Waals surface area (Å²) in [5.74, 6) is -0.439. The van der Waals surface area contributed by atoms with E-state index in [9.17, 15) is 9.60 Å². The summed E-state index contributed by atoms with van der Waals surface area (Å²) in [6, 6.07) is 3.62. The molecule has 0 aliphatic rings. The Kier molecular flexibility index (Phi) is 1.06. The normalized spacial score (nSPS) is 10.6. The molecule has 0 aliphatic heterocycles. The van der Waals surface area contributed by atoms with Crippen molar-refractivity contribution >= 4 is 11.0 Å². The number of aromatic nitrogens is 2. The lowest BCUT2D eigenvalue weighted by Gasteiger charge is -1.84. The molecule has 0 amide bonds. The first-order valence-corrected chi connectivity index (χ1v) is 2.92. The van der Waals surface area contributed by atoms with Gasteiger partial charge in [-0.3, -0.25) is 4.63 Å². The maximum Gasteiger partial charge on any atom is 0.251 e. The quantitative estimate of drug-likeness (QED) is 0.522. The summed E-state index contributed by atoms with van der Waals surface area (Å²) in [4.78, 5) is 0.231. The van der Waals surface area contributed by atoms with Crippen molar-refractivity contribution < 1.29 is 13.9 Å². The summed E-state index contributed by atoms with van der Waals surface area (Å²) in [7, 11) is 0. The molecular formula is C6H3FN2O2. The molecule has 0 saturated carbocycles. The highest BCUT2D eigenvalue weighted by atomic mass is 19.1. The molecule has 1 heterocycles. The Morgan fingerprint density at radius 2 is 2.36 bits per heavy atom. The molecule has 0 atom stereocenters. The number of nitrogens with zero attached hydrogens (tertiary/aromatic N) is 2. The summed E-state index contributed by atoms with van der Waals surface area (Å²) in [5.41, 5.74) is 0.450. The van der Waals surface area contributed by atoms with Gasteiger partial charge in [0.05, 0.1) is 0 Å². The first-order valence-electron chi connectivity index (χ1n) is 2.92. The molecule has 5 heteroatoms. The molecule has 0 bridgehead atoms. The highest BCUT2D eigenvalue weighted by Gasteiger charge is 2.08. The Bertz CT molecular complexity index is 398. The second-order valence-electron chi connectivity index (χ2n) is 2.06. The van der Waals surface area contributed by atoms with E-state index in [1.807, 2.05) is 0 Å². The predicted molar refractivity (Wildman–Crippen MR) is 32.9 cm³/mol. The van der Waals surface area contributed by atoms with E-state index >= 15 is 0 Å². The Balaban J connectivity index is 2.86. The van der Waals surface area contributed by atoms with Gasteiger partial charge in [-0.05, 0) is 17.0 Å². The lowest BCUT2D eigenvalue weighted by molar-refractivity contribution is -0.782. The van der Waals surface area contributed by atoms with Crippen molar-refractivity contribution in [1.29, 1.82) is 0 Å². The van der Waals surface area contributed by atoms with Crippen LogP contribution in [0.3, 0.4) is 0 Å². The highest BCUT2D eigenvalue weighted by molar-refractivity contribution is 5.69. The molecule has 2 rings (SSSR count). The number of fused-ring (bicyclic) bond motifs is 1. The molecule has 56 valence electrons. The first-order chi connectivity index (χ1) is 5.27. The van der Waals surface area contributed by atoms with E-state index in [2.05, 4.69) is 9.79 Å². The van der Waals surface area contributed by atoms with Gasteiger partial charge in [0, 0.05) is 11.2 Å². The predicted octanol–water partition coefficient (Wildman–Crippen LogP) is 0.600. The van der Waals surface area contributed by atoms with E-state index in [4.69, 9.17) is 0 Å². The lowest BCUT2D eigenvalue weighted by Crippen LogP contribution is -2.22. The van der Waals surface area contributed by atoms with E-state index in [1.54, 1.807) is 0 Å². The summed E-state index contributed by atoms with van der Waals surface area (Å²) in [6.45, 7) is 0. The van der Waals surface area contributed by atoms with Gasteiger partial charge in [0.1, 0.15) is 5.82 Å². The van der Waals surface area contributed by atoms with Crippen LogP contribution in [0, 0.1) is 11.0 Å². The van der Waals surface area contributed by atoms with Crippen molar-refractivity contribution in [3.05, 3.63) is 29.2 Å². The maximum atomic E-state index is 12.5. The molecular weight excluding hydrogens is 151 g/mol. The van der Waals surface area contributed by atoms with Crippen LogP contribution in [0.2, 0.25) is 0 Å². The van der Waals surface area contributed by atoms with Crippen molar-refractivity contribution in [2.24, 2.45) is 0 Å². The first kappa shape index (κ1) is 6.09. The largest absolute Gasteiger partial charge is 0.359 e. The minimum atomic E-state index is -0.439. The van der Waals surface area contributed by atoms with Crippen LogP contribution >= 0.6 is 0 Å². The van der Waals surface area contributed by atoms with E-state index in [1.165, 1.54) is 12.1 Å². The Labute approximate surface area is 60.4 Å². The van der Waals surface area contributed by atoms with Gasteiger partial charge in [0.15, 0.2) is 0 Å². The molecule has 0 aliphatic carbocycles. The van der Waals surface area contributed by atoms with Crippen LogP contribution in [0.15, 0.2) is 22.8 Å². The summed E-state index contributed by atoms with van der Waals surface area (Å²) < 4.78 is 16.7. The van der Waals surface area contributed by atoms with Crippen molar-refractivity contribution in [3.8, 4) is 0 Å². The fraction of sp³-hybridized carbons (Fsp3) is 0. The Morgan fingerprint density at radius 3 is 3.18 bits per heavy atom. The fourth-order valence-electron chi connectivity index (χ4n) is 0.849. The van der Waals surface area contributed by atoms with Crippen LogP contribution in [0.4, 0.5) is 4.39 Å². The molecule has 1 aromatic carbocycles. The van der Waals surface area contributed by atoms with Gasteiger partial charge < -0.3 is 5.21 Å². The summed E-state index contributed by atoms with van der Waals surface area (Å²) in [5, 5.41) is 14.0. The molecule has 1 aromatic heterocycles. The minimum absolute atomic E-state index is 0.222. The van der Waals surface area contributed by atoms with E-state index in [0.717, 1.165) is 6.07 Å². The van der Waals surface area contributed by atoms with Crippen LogP contribution in [0.5, 0.6) is 0 Å². The lowest BCUT2D eigenvalue weighted by atomic mass is 10.3. The molecule has 11 heavy (non-hydrogen) atoms. The third-order valence-corrected chi connectivity index (χ3v) is 1.35. The molecule has 0 spiro atoms. The second kappa shape index (κ2) is 1.91. The number of benzene rings is 1. The zero-order valence-electron chi connectivity index (χ0n) is 5.32. The molecule has 2 aromatic rings. The van der Waals surface area contributed by atoms with E-state index in [0.29, 0.717) is 0 Å². The average Bonchev–Trinajstić information content (AvgIpc) is 2.32. The number of hydrogen-bond acceptors (Lipinski definition) is 3. The zero-order valence-corrected chi connectivity index (χ0v) is 5.32. The Morgan fingerprint density at radius 1 is 1.55 bits per heavy atom.